The predicted octanol–water partition coefficient (Wildman–Crippen LogP) is 3.80. The highest BCUT2D eigenvalue weighted by Gasteiger charge is 2.08. The largest absolute Gasteiger partial charge is 0.497 e. The summed E-state index contributed by atoms with van der Waals surface area (Å²) in [4.78, 5) is 26.6. The monoisotopic (exact) mass is 426 g/mol. The second-order valence-corrected chi connectivity index (χ2v) is 6.11. The Morgan fingerprint density at radius 2 is 1.52 bits per heavy atom. The minimum atomic E-state index is -0.714. The van der Waals surface area contributed by atoms with Gasteiger partial charge in [-0.2, -0.15) is 0 Å². The minimum absolute atomic E-state index is 0.0396. The van der Waals surface area contributed by atoms with Crippen LogP contribution in [0, 0.1) is 0 Å². The quantitative estimate of drug-likeness (QED) is 0.314. The number of carbonyl (C=O) groups excluding carboxylic acids is 1. The van der Waals surface area contributed by atoms with Gasteiger partial charge in [-0.15, -0.1) is 0 Å². The molecule has 8 nitrogen and oxygen atoms in total. The maximum Gasteiger partial charge on any atom is 0.376 e. The molecule has 0 aliphatic rings. The van der Waals surface area contributed by atoms with Gasteiger partial charge in [-0.3, -0.25) is 4.84 Å². The lowest BCUT2D eigenvalue weighted by Gasteiger charge is -2.04. The number of hydrogen-bond acceptors (Lipinski definition) is 8. The van der Waals surface area contributed by atoms with E-state index in [1.54, 1.807) is 26.4 Å². The predicted molar refractivity (Wildman–Crippen MR) is 118 cm³/mol. The fourth-order valence-corrected chi connectivity index (χ4v) is 2.30. The van der Waals surface area contributed by atoms with Gasteiger partial charge in [0.1, 0.15) is 18.1 Å². The highest BCUT2D eigenvalue weighted by atomic mass is 16.9. The topological polar surface area (TPSA) is 87.6 Å². The number of oxime groups is 1. The van der Waals surface area contributed by atoms with E-state index in [9.17, 15) is 4.79 Å². The third kappa shape index (κ3) is 9.16. The van der Waals surface area contributed by atoms with Crippen molar-refractivity contribution in [2.45, 2.75) is 6.92 Å². The lowest BCUT2D eigenvalue weighted by Crippen LogP contribution is -2.25. The van der Waals surface area contributed by atoms with E-state index in [1.165, 1.54) is 6.92 Å². The Bertz CT molecular complexity index is 924. The van der Waals surface area contributed by atoms with Crippen LogP contribution < -0.4 is 15.1 Å². The summed E-state index contributed by atoms with van der Waals surface area (Å²) in [5, 5.41) is 3.70. The van der Waals surface area contributed by atoms with E-state index in [0.717, 1.165) is 22.6 Å². The Morgan fingerprint density at radius 3 is 2.10 bits per heavy atom. The van der Waals surface area contributed by atoms with E-state index >= 15 is 0 Å². The molecular formula is C23H26N2O6. The Kier molecular flexibility index (Phi) is 10.4. The van der Waals surface area contributed by atoms with Gasteiger partial charge in [0.25, 0.3) is 0 Å². The van der Waals surface area contributed by atoms with Crippen molar-refractivity contribution in [1.82, 2.24) is 5.64 Å². The zero-order chi connectivity index (χ0) is 22.3. The molecule has 31 heavy (non-hydrogen) atoms. The normalized spacial score (nSPS) is 11.6. The van der Waals surface area contributed by atoms with Gasteiger partial charge in [0.2, 0.25) is 0 Å². The summed E-state index contributed by atoms with van der Waals surface area (Å²) in [6.07, 6.45) is 7.24. The number of rotatable bonds is 12. The molecule has 0 aromatic heterocycles. The number of nitrogens with one attached hydrogen (secondary N) is 1. The first kappa shape index (κ1) is 23.7. The summed E-state index contributed by atoms with van der Waals surface area (Å²) in [5.74, 6) is 0.821. The molecule has 8 heteroatoms. The van der Waals surface area contributed by atoms with Crippen LogP contribution in [-0.2, 0) is 19.3 Å². The van der Waals surface area contributed by atoms with E-state index in [0.29, 0.717) is 0 Å². The molecule has 2 aromatic rings. The van der Waals surface area contributed by atoms with Crippen molar-refractivity contribution in [2.24, 2.45) is 5.16 Å². The number of hydrogen-bond donors (Lipinski definition) is 1. The SMILES string of the molecule is COc1cccc(/C=C/CON=C(C)C(=O)ONOC/C=C/c2cccc(OC)c2)c1. The molecule has 0 atom stereocenters. The van der Waals surface area contributed by atoms with Crippen LogP contribution in [-0.4, -0.2) is 39.1 Å². The molecule has 1 N–H and O–H groups in total. The molecule has 0 radical (unpaired) electrons. The van der Waals surface area contributed by atoms with E-state index in [2.05, 4.69) is 10.8 Å². The van der Waals surface area contributed by atoms with E-state index < -0.39 is 5.97 Å². The summed E-state index contributed by atoms with van der Waals surface area (Å²) in [5.41, 5.74) is 4.08. The van der Waals surface area contributed by atoms with Crippen LogP contribution in [0.15, 0.2) is 65.8 Å². The second kappa shape index (κ2) is 13.6. The van der Waals surface area contributed by atoms with Gasteiger partial charge in [-0.1, -0.05) is 47.6 Å². The number of ether oxygens (including phenoxy) is 2. The second-order valence-electron chi connectivity index (χ2n) is 6.11. The zero-order valence-corrected chi connectivity index (χ0v) is 17.7. The van der Waals surface area contributed by atoms with Crippen molar-refractivity contribution in [1.29, 1.82) is 0 Å². The number of benzene rings is 2. The molecule has 164 valence electrons. The summed E-state index contributed by atoms with van der Waals surface area (Å²) >= 11 is 0. The highest BCUT2D eigenvalue weighted by molar-refractivity contribution is 6.35. The molecule has 0 fully saturated rings. The van der Waals surface area contributed by atoms with Crippen LogP contribution in [0.2, 0.25) is 0 Å². The lowest BCUT2D eigenvalue weighted by atomic mass is 10.2. The number of nitrogens with zero attached hydrogens (tertiary/aromatic N) is 1. The van der Waals surface area contributed by atoms with Gasteiger partial charge in [0.05, 0.1) is 20.8 Å². The zero-order valence-electron chi connectivity index (χ0n) is 17.7. The summed E-state index contributed by atoms with van der Waals surface area (Å²) in [6, 6.07) is 15.1. The molecule has 0 saturated carbocycles. The van der Waals surface area contributed by atoms with Gasteiger partial charge in [-0.25, -0.2) is 4.79 Å². The van der Waals surface area contributed by atoms with Crippen LogP contribution >= 0.6 is 0 Å². The molecule has 0 heterocycles. The standard InChI is InChI=1S/C23H26N2O6/c1-18(24-29-14-6-10-19-8-4-12-21(16-19)27-2)23(26)31-25-30-15-7-11-20-9-5-13-22(17-20)28-3/h4-13,16-17,25H,14-15H2,1-3H3/b10-6+,11-7+,24-18?. The molecule has 0 saturated heterocycles. The van der Waals surface area contributed by atoms with E-state index in [1.807, 2.05) is 60.7 Å². The van der Waals surface area contributed by atoms with Crippen molar-refractivity contribution in [3.05, 3.63) is 71.8 Å². The van der Waals surface area contributed by atoms with E-state index in [4.69, 9.17) is 24.0 Å². The molecule has 2 rings (SSSR count). The van der Waals surface area contributed by atoms with Crippen molar-refractivity contribution in [3.63, 3.8) is 0 Å². The maximum absolute atomic E-state index is 11.8. The van der Waals surface area contributed by atoms with Crippen molar-refractivity contribution < 1.29 is 28.8 Å². The van der Waals surface area contributed by atoms with Crippen LogP contribution in [0.1, 0.15) is 18.1 Å². The van der Waals surface area contributed by atoms with Crippen molar-refractivity contribution >= 4 is 23.8 Å². The summed E-state index contributed by atoms with van der Waals surface area (Å²) < 4.78 is 10.3. The average molecular weight is 426 g/mol. The Morgan fingerprint density at radius 1 is 0.935 bits per heavy atom. The smallest absolute Gasteiger partial charge is 0.376 e. The minimum Gasteiger partial charge on any atom is -0.497 e. The van der Waals surface area contributed by atoms with Gasteiger partial charge in [0.15, 0.2) is 5.71 Å². The molecule has 0 unspecified atom stereocenters. The fourth-order valence-electron chi connectivity index (χ4n) is 2.30. The highest BCUT2D eigenvalue weighted by Crippen LogP contribution is 2.14. The lowest BCUT2D eigenvalue weighted by molar-refractivity contribution is -0.180. The van der Waals surface area contributed by atoms with Gasteiger partial charge >= 0.3 is 5.97 Å². The Hall–Kier alpha value is -3.62. The molecule has 2 aromatic carbocycles. The van der Waals surface area contributed by atoms with Gasteiger partial charge < -0.3 is 19.1 Å². The summed E-state index contributed by atoms with van der Waals surface area (Å²) in [6.45, 7) is 1.85. The van der Waals surface area contributed by atoms with Crippen molar-refractivity contribution in [3.8, 4) is 11.5 Å². The first-order valence-corrected chi connectivity index (χ1v) is 9.48. The third-order valence-corrected chi connectivity index (χ3v) is 3.85. The molecular weight excluding hydrogens is 400 g/mol. The van der Waals surface area contributed by atoms with Crippen LogP contribution in [0.5, 0.6) is 11.5 Å². The number of methoxy groups -OCH3 is 2. The first-order chi connectivity index (χ1) is 15.1. The first-order valence-electron chi connectivity index (χ1n) is 9.48. The Labute approximate surface area is 181 Å². The molecule has 0 spiro atoms. The van der Waals surface area contributed by atoms with Crippen LogP contribution in [0.25, 0.3) is 12.2 Å². The van der Waals surface area contributed by atoms with Crippen LogP contribution in [0.3, 0.4) is 0 Å². The van der Waals surface area contributed by atoms with Gasteiger partial charge in [0, 0.05) is 0 Å². The Balaban J connectivity index is 1.63. The maximum atomic E-state index is 11.8. The van der Waals surface area contributed by atoms with Crippen LogP contribution in [0.4, 0.5) is 0 Å². The van der Waals surface area contributed by atoms with Crippen molar-refractivity contribution in [2.75, 3.05) is 27.4 Å². The third-order valence-electron chi connectivity index (χ3n) is 3.85. The number of carbonyl (C=O) groups is 1. The van der Waals surface area contributed by atoms with E-state index in [-0.39, 0.29) is 18.9 Å². The molecule has 0 aliphatic heterocycles. The molecule has 0 bridgehead atoms. The average Bonchev–Trinajstić information content (AvgIpc) is 2.81. The molecule has 0 aliphatic carbocycles. The fraction of sp³-hybridized carbons (Fsp3) is 0.217. The summed E-state index contributed by atoms with van der Waals surface area (Å²) in [7, 11) is 3.22. The molecule has 0 amide bonds. The van der Waals surface area contributed by atoms with Gasteiger partial charge in [-0.05, 0) is 54.0 Å².